The van der Waals surface area contributed by atoms with Crippen LogP contribution in [0.25, 0.3) is 0 Å². The maximum absolute atomic E-state index is 12.2. The van der Waals surface area contributed by atoms with Crippen molar-refractivity contribution in [3.8, 4) is 0 Å². The van der Waals surface area contributed by atoms with E-state index < -0.39 is 0 Å². The van der Waals surface area contributed by atoms with E-state index in [1.165, 1.54) is 5.56 Å². The van der Waals surface area contributed by atoms with Crippen LogP contribution in [0.2, 0.25) is 0 Å². The molecule has 1 aliphatic rings. The highest BCUT2D eigenvalue weighted by Gasteiger charge is 2.41. The molecule has 0 spiro atoms. The molecule has 1 aromatic carbocycles. The van der Waals surface area contributed by atoms with Crippen molar-refractivity contribution in [3.05, 3.63) is 35.4 Å². The first-order chi connectivity index (χ1) is 8.58. The monoisotopic (exact) mass is 246 g/mol. The van der Waals surface area contributed by atoms with Gasteiger partial charge in [-0.25, -0.2) is 0 Å². The predicted octanol–water partition coefficient (Wildman–Crippen LogP) is 2.20. The highest BCUT2D eigenvalue weighted by Crippen LogP contribution is 2.25. The van der Waals surface area contributed by atoms with Crippen LogP contribution < -0.4 is 5.73 Å². The summed E-state index contributed by atoms with van der Waals surface area (Å²) in [5.74, 6) is 0.106. The van der Waals surface area contributed by atoms with Crippen LogP contribution in [0.15, 0.2) is 24.3 Å². The van der Waals surface area contributed by atoms with Gasteiger partial charge in [0.1, 0.15) is 0 Å². The largest absolute Gasteiger partial charge is 0.335 e. The molecule has 1 heterocycles. The normalized spacial score (nSPS) is 17.4. The van der Waals surface area contributed by atoms with Crippen molar-refractivity contribution >= 4 is 5.91 Å². The van der Waals surface area contributed by atoms with Crippen LogP contribution in [-0.4, -0.2) is 29.4 Å². The van der Waals surface area contributed by atoms with E-state index in [-0.39, 0.29) is 11.4 Å². The number of amides is 1. The minimum absolute atomic E-state index is 0.106. The molecule has 18 heavy (non-hydrogen) atoms. The molecule has 0 atom stereocenters. The predicted molar refractivity (Wildman–Crippen MR) is 73.5 cm³/mol. The highest BCUT2D eigenvalue weighted by molar-refractivity contribution is 5.95. The van der Waals surface area contributed by atoms with Gasteiger partial charge < -0.3 is 10.6 Å². The highest BCUT2D eigenvalue weighted by atomic mass is 16.2. The molecule has 0 aliphatic carbocycles. The van der Waals surface area contributed by atoms with E-state index in [2.05, 4.69) is 13.8 Å². The Morgan fingerprint density at radius 2 is 1.89 bits per heavy atom. The average molecular weight is 246 g/mol. The van der Waals surface area contributed by atoms with E-state index in [9.17, 15) is 4.79 Å². The minimum atomic E-state index is -0.145. The molecule has 0 unspecified atom stereocenters. The number of aryl methyl sites for hydroxylation is 1. The number of nitrogens with two attached hydrogens (primary N) is 1. The van der Waals surface area contributed by atoms with E-state index in [0.29, 0.717) is 13.1 Å². The topological polar surface area (TPSA) is 46.3 Å². The number of carbonyl (C=O) groups is 1. The van der Waals surface area contributed by atoms with Crippen molar-refractivity contribution in [2.24, 2.45) is 5.73 Å². The molecular weight excluding hydrogens is 224 g/mol. The van der Waals surface area contributed by atoms with Gasteiger partial charge in [0.2, 0.25) is 0 Å². The van der Waals surface area contributed by atoms with Crippen LogP contribution in [0.1, 0.15) is 42.6 Å². The Morgan fingerprint density at radius 1 is 1.28 bits per heavy atom. The lowest BCUT2D eigenvalue weighted by molar-refractivity contribution is 0.0386. The molecule has 1 aliphatic heterocycles. The molecule has 1 amide bonds. The lowest BCUT2D eigenvalue weighted by Gasteiger charge is -2.47. The number of hydrogen-bond acceptors (Lipinski definition) is 2. The van der Waals surface area contributed by atoms with E-state index in [4.69, 9.17) is 5.73 Å². The molecule has 0 radical (unpaired) electrons. The van der Waals surface area contributed by atoms with Crippen molar-refractivity contribution in [1.29, 1.82) is 0 Å². The molecule has 3 nitrogen and oxygen atoms in total. The van der Waals surface area contributed by atoms with Gasteiger partial charge >= 0.3 is 0 Å². The molecule has 3 heteroatoms. The van der Waals surface area contributed by atoms with E-state index in [0.717, 1.165) is 24.8 Å². The molecule has 2 N–H and O–H groups in total. The molecule has 2 rings (SSSR count). The lowest BCUT2D eigenvalue weighted by atomic mass is 9.86. The molecule has 0 bridgehead atoms. The minimum Gasteiger partial charge on any atom is -0.335 e. The number of hydrogen-bond donors (Lipinski definition) is 1. The van der Waals surface area contributed by atoms with Crippen molar-refractivity contribution in [1.82, 2.24) is 4.90 Å². The maximum atomic E-state index is 12.2. The number of nitrogens with zero attached hydrogens (tertiary/aromatic N) is 1. The standard InChI is InChI=1S/C15H22N2O/c1-3-9-15(16)10-17(11-15)14(18)13-7-5-12(4-2)6-8-13/h5-8H,3-4,9-11,16H2,1-2H3. The summed E-state index contributed by atoms with van der Waals surface area (Å²) in [6.07, 6.45) is 3.07. The van der Waals surface area contributed by atoms with Crippen LogP contribution in [0.3, 0.4) is 0 Å². The quantitative estimate of drug-likeness (QED) is 0.885. The zero-order valence-corrected chi connectivity index (χ0v) is 11.3. The van der Waals surface area contributed by atoms with E-state index >= 15 is 0 Å². The summed E-state index contributed by atoms with van der Waals surface area (Å²) in [6, 6.07) is 7.87. The molecule has 98 valence electrons. The van der Waals surface area contributed by atoms with Crippen LogP contribution in [0.5, 0.6) is 0 Å². The fraction of sp³-hybridized carbons (Fsp3) is 0.533. The van der Waals surface area contributed by atoms with Gasteiger partial charge in [-0.05, 0) is 30.5 Å². The Hall–Kier alpha value is -1.35. The molecule has 0 saturated carbocycles. The summed E-state index contributed by atoms with van der Waals surface area (Å²) in [4.78, 5) is 14.0. The van der Waals surface area contributed by atoms with Gasteiger partial charge in [-0.15, -0.1) is 0 Å². The van der Waals surface area contributed by atoms with Crippen molar-refractivity contribution in [2.75, 3.05) is 13.1 Å². The first-order valence-corrected chi connectivity index (χ1v) is 6.75. The van der Waals surface area contributed by atoms with Crippen LogP contribution in [0.4, 0.5) is 0 Å². The molecule has 1 saturated heterocycles. The number of carbonyl (C=O) groups excluding carboxylic acids is 1. The summed E-state index contributed by atoms with van der Waals surface area (Å²) >= 11 is 0. The summed E-state index contributed by atoms with van der Waals surface area (Å²) in [7, 11) is 0. The average Bonchev–Trinajstić information content (AvgIpc) is 2.35. The molecule has 1 fully saturated rings. The van der Waals surface area contributed by atoms with Gasteiger partial charge in [-0.3, -0.25) is 4.79 Å². The Kier molecular flexibility index (Phi) is 3.71. The van der Waals surface area contributed by atoms with Gasteiger partial charge in [0.05, 0.1) is 5.54 Å². The van der Waals surface area contributed by atoms with E-state index in [1.807, 2.05) is 29.2 Å². The second-order valence-corrected chi connectivity index (χ2v) is 5.32. The number of benzene rings is 1. The second-order valence-electron chi connectivity index (χ2n) is 5.32. The van der Waals surface area contributed by atoms with Crippen LogP contribution in [0, 0.1) is 0 Å². The Balaban J connectivity index is 1.97. The van der Waals surface area contributed by atoms with Crippen molar-refractivity contribution in [3.63, 3.8) is 0 Å². The zero-order valence-electron chi connectivity index (χ0n) is 11.3. The van der Waals surface area contributed by atoms with Gasteiger partial charge in [-0.2, -0.15) is 0 Å². The third kappa shape index (κ3) is 2.56. The zero-order chi connectivity index (χ0) is 13.2. The summed E-state index contributed by atoms with van der Waals surface area (Å²) in [6.45, 7) is 5.62. The third-order valence-corrected chi connectivity index (χ3v) is 3.66. The lowest BCUT2D eigenvalue weighted by Crippen LogP contribution is -2.68. The second kappa shape index (κ2) is 5.11. The van der Waals surface area contributed by atoms with Crippen LogP contribution >= 0.6 is 0 Å². The van der Waals surface area contributed by atoms with Crippen molar-refractivity contribution in [2.45, 2.75) is 38.6 Å². The number of rotatable bonds is 4. The summed E-state index contributed by atoms with van der Waals surface area (Å²) in [5, 5.41) is 0. The molecule has 0 aromatic heterocycles. The summed E-state index contributed by atoms with van der Waals surface area (Å²) < 4.78 is 0. The van der Waals surface area contributed by atoms with E-state index in [1.54, 1.807) is 0 Å². The smallest absolute Gasteiger partial charge is 0.253 e. The van der Waals surface area contributed by atoms with Crippen molar-refractivity contribution < 1.29 is 4.79 Å². The maximum Gasteiger partial charge on any atom is 0.253 e. The third-order valence-electron chi connectivity index (χ3n) is 3.66. The molecule has 1 aromatic rings. The SMILES string of the molecule is CCCC1(N)CN(C(=O)c2ccc(CC)cc2)C1. The van der Waals surface area contributed by atoms with Gasteiger partial charge in [-0.1, -0.05) is 32.4 Å². The fourth-order valence-corrected chi connectivity index (χ4v) is 2.58. The van der Waals surface area contributed by atoms with Gasteiger partial charge in [0.25, 0.3) is 5.91 Å². The first kappa shape index (κ1) is 13.1. The number of likely N-dealkylation sites (tertiary alicyclic amines) is 1. The fourth-order valence-electron chi connectivity index (χ4n) is 2.58. The van der Waals surface area contributed by atoms with Gasteiger partial charge in [0, 0.05) is 18.7 Å². The Bertz CT molecular complexity index is 419. The van der Waals surface area contributed by atoms with Gasteiger partial charge in [0.15, 0.2) is 0 Å². The molecular formula is C15H22N2O. The first-order valence-electron chi connectivity index (χ1n) is 6.75. The van der Waals surface area contributed by atoms with Crippen LogP contribution in [-0.2, 0) is 6.42 Å². The Morgan fingerprint density at radius 3 is 2.39 bits per heavy atom. The Labute approximate surface area is 109 Å². The summed E-state index contributed by atoms with van der Waals surface area (Å²) in [5.41, 5.74) is 8.05.